The van der Waals surface area contributed by atoms with Gasteiger partial charge in [0, 0.05) is 4.88 Å². The second-order valence-corrected chi connectivity index (χ2v) is 7.01. The molecule has 1 N–H and O–H groups in total. The Kier molecular flexibility index (Phi) is 3.98. The Morgan fingerprint density at radius 2 is 1.96 bits per heavy atom. The molecule has 0 saturated carbocycles. The summed E-state index contributed by atoms with van der Waals surface area (Å²) in [6.45, 7) is 1.89. The summed E-state index contributed by atoms with van der Waals surface area (Å²) < 4.78 is 13.0. The van der Waals surface area contributed by atoms with Crippen molar-refractivity contribution in [3.63, 3.8) is 0 Å². The molecule has 2 heterocycles. The number of hydrogen-bond donors (Lipinski definition) is 1. The highest BCUT2D eigenvalue weighted by atomic mass is 32.1. The van der Waals surface area contributed by atoms with Crippen LogP contribution in [0.5, 0.6) is 0 Å². The molecule has 1 aliphatic rings. The Bertz CT molecular complexity index is 915. The molecule has 6 heteroatoms. The molecule has 0 radical (unpaired) electrons. The number of halogens is 1. The van der Waals surface area contributed by atoms with Crippen molar-refractivity contribution in [3.8, 4) is 0 Å². The van der Waals surface area contributed by atoms with Crippen LogP contribution < -0.4 is 5.43 Å². The van der Waals surface area contributed by atoms with Crippen LogP contribution in [0.15, 0.2) is 35.7 Å². The van der Waals surface area contributed by atoms with Crippen LogP contribution in [0.2, 0.25) is 0 Å². The molecule has 0 spiro atoms. The van der Waals surface area contributed by atoms with Crippen molar-refractivity contribution in [2.24, 2.45) is 5.10 Å². The number of aromatic nitrogens is 2. The SMILES string of the molecule is C/C(=N\Nc1ncnc2sc3c(c12)CCCC3)c1ccc(F)cc1. The summed E-state index contributed by atoms with van der Waals surface area (Å²) in [7, 11) is 0. The standard InChI is InChI=1S/C18H17FN4S/c1-11(12-6-8-13(19)9-7-12)22-23-17-16-14-4-2-3-5-15(14)24-18(16)21-10-20-17/h6-10H,2-5H2,1H3,(H,20,21,23)/b22-11+. The highest BCUT2D eigenvalue weighted by Crippen LogP contribution is 2.38. The van der Waals surface area contributed by atoms with Crippen molar-refractivity contribution in [3.05, 3.63) is 52.4 Å². The number of nitrogens with one attached hydrogen (secondary N) is 1. The highest BCUT2D eigenvalue weighted by Gasteiger charge is 2.19. The largest absolute Gasteiger partial charge is 0.260 e. The molecule has 24 heavy (non-hydrogen) atoms. The van der Waals surface area contributed by atoms with Gasteiger partial charge in [-0.3, -0.25) is 5.43 Å². The van der Waals surface area contributed by atoms with Crippen molar-refractivity contribution >= 4 is 33.1 Å². The summed E-state index contributed by atoms with van der Waals surface area (Å²) in [5.41, 5.74) is 6.12. The van der Waals surface area contributed by atoms with E-state index < -0.39 is 0 Å². The molecule has 4 rings (SSSR count). The van der Waals surface area contributed by atoms with E-state index in [1.165, 1.54) is 35.4 Å². The van der Waals surface area contributed by atoms with Gasteiger partial charge in [0.05, 0.1) is 11.1 Å². The Labute approximate surface area is 143 Å². The molecular formula is C18H17FN4S. The van der Waals surface area contributed by atoms with Crippen molar-refractivity contribution in [2.45, 2.75) is 32.6 Å². The minimum Gasteiger partial charge on any atom is -0.260 e. The van der Waals surface area contributed by atoms with Gasteiger partial charge >= 0.3 is 0 Å². The van der Waals surface area contributed by atoms with Crippen LogP contribution in [0, 0.1) is 5.82 Å². The summed E-state index contributed by atoms with van der Waals surface area (Å²) in [5.74, 6) is 0.503. The third-order valence-corrected chi connectivity index (χ3v) is 5.54. The van der Waals surface area contributed by atoms with Gasteiger partial charge in [0.15, 0.2) is 5.82 Å². The second kappa shape index (κ2) is 6.28. The number of fused-ring (bicyclic) bond motifs is 3. The molecule has 122 valence electrons. The van der Waals surface area contributed by atoms with E-state index in [2.05, 4.69) is 20.5 Å². The normalized spacial score (nSPS) is 14.7. The van der Waals surface area contributed by atoms with E-state index in [0.717, 1.165) is 40.2 Å². The molecule has 0 bridgehead atoms. The molecule has 0 aliphatic heterocycles. The highest BCUT2D eigenvalue weighted by molar-refractivity contribution is 7.19. The van der Waals surface area contributed by atoms with Crippen LogP contribution in [0.3, 0.4) is 0 Å². The Morgan fingerprint density at radius 3 is 2.79 bits per heavy atom. The van der Waals surface area contributed by atoms with Crippen LogP contribution >= 0.6 is 11.3 Å². The first kappa shape index (κ1) is 15.2. The number of rotatable bonds is 3. The fraction of sp³-hybridized carbons (Fsp3) is 0.278. The number of hydrazone groups is 1. The lowest BCUT2D eigenvalue weighted by molar-refractivity contribution is 0.628. The molecule has 0 saturated heterocycles. The van der Waals surface area contributed by atoms with E-state index in [0.29, 0.717) is 0 Å². The predicted octanol–water partition coefficient (Wildman–Crippen LogP) is 4.55. The molecule has 0 atom stereocenters. The van der Waals surface area contributed by atoms with Crippen molar-refractivity contribution in [2.75, 3.05) is 5.43 Å². The van der Waals surface area contributed by atoms with Crippen LogP contribution in [-0.4, -0.2) is 15.7 Å². The molecule has 0 amide bonds. The fourth-order valence-electron chi connectivity index (χ4n) is 3.07. The average molecular weight is 340 g/mol. The van der Waals surface area contributed by atoms with Gasteiger partial charge in [-0.2, -0.15) is 5.10 Å². The van der Waals surface area contributed by atoms with Gasteiger partial charge in [0.1, 0.15) is 17.0 Å². The summed E-state index contributed by atoms with van der Waals surface area (Å²) in [6, 6.07) is 6.31. The first-order chi connectivity index (χ1) is 11.7. The number of benzene rings is 1. The zero-order valence-electron chi connectivity index (χ0n) is 13.3. The van der Waals surface area contributed by atoms with Crippen molar-refractivity contribution in [1.29, 1.82) is 0 Å². The predicted molar refractivity (Wildman–Crippen MR) is 96.3 cm³/mol. The molecular weight excluding hydrogens is 323 g/mol. The maximum absolute atomic E-state index is 13.0. The Morgan fingerprint density at radius 1 is 1.17 bits per heavy atom. The molecule has 3 aromatic rings. The van der Waals surface area contributed by atoms with Gasteiger partial charge in [0.25, 0.3) is 0 Å². The molecule has 1 aliphatic carbocycles. The lowest BCUT2D eigenvalue weighted by Crippen LogP contribution is -2.03. The van der Waals surface area contributed by atoms with E-state index in [9.17, 15) is 4.39 Å². The van der Waals surface area contributed by atoms with E-state index >= 15 is 0 Å². The lowest BCUT2D eigenvalue weighted by Gasteiger charge is -2.11. The Hall–Kier alpha value is -2.34. The topological polar surface area (TPSA) is 50.2 Å². The molecule has 0 fully saturated rings. The van der Waals surface area contributed by atoms with Gasteiger partial charge in [-0.1, -0.05) is 12.1 Å². The van der Waals surface area contributed by atoms with E-state index in [-0.39, 0.29) is 5.82 Å². The molecule has 0 unspecified atom stereocenters. The number of anilines is 1. The first-order valence-electron chi connectivity index (χ1n) is 8.04. The molecule has 4 nitrogen and oxygen atoms in total. The summed E-state index contributed by atoms with van der Waals surface area (Å²) >= 11 is 1.76. The monoisotopic (exact) mass is 340 g/mol. The number of nitrogens with zero attached hydrogens (tertiary/aromatic N) is 3. The van der Waals surface area contributed by atoms with Gasteiger partial charge < -0.3 is 0 Å². The quantitative estimate of drug-likeness (QED) is 0.562. The number of thiophene rings is 1. The van der Waals surface area contributed by atoms with Gasteiger partial charge in [-0.05, 0) is 55.9 Å². The number of aryl methyl sites for hydroxylation is 2. The van der Waals surface area contributed by atoms with E-state index in [1.54, 1.807) is 29.8 Å². The average Bonchev–Trinajstić information content (AvgIpc) is 2.99. The van der Waals surface area contributed by atoms with Crippen LogP contribution in [-0.2, 0) is 12.8 Å². The second-order valence-electron chi connectivity index (χ2n) is 5.93. The van der Waals surface area contributed by atoms with Gasteiger partial charge in [-0.25, -0.2) is 14.4 Å². The lowest BCUT2D eigenvalue weighted by atomic mass is 9.97. The summed E-state index contributed by atoms with van der Waals surface area (Å²) in [5, 5.41) is 5.54. The van der Waals surface area contributed by atoms with Crippen LogP contribution in [0.1, 0.15) is 35.8 Å². The van der Waals surface area contributed by atoms with Gasteiger partial charge in [-0.15, -0.1) is 11.3 Å². The van der Waals surface area contributed by atoms with Crippen LogP contribution in [0.4, 0.5) is 10.2 Å². The van der Waals surface area contributed by atoms with Crippen molar-refractivity contribution < 1.29 is 4.39 Å². The summed E-state index contributed by atoms with van der Waals surface area (Å²) in [4.78, 5) is 11.3. The maximum Gasteiger partial charge on any atom is 0.158 e. The Balaban J connectivity index is 1.68. The zero-order chi connectivity index (χ0) is 16.5. The van der Waals surface area contributed by atoms with Crippen molar-refractivity contribution in [1.82, 2.24) is 9.97 Å². The smallest absolute Gasteiger partial charge is 0.158 e. The van der Waals surface area contributed by atoms with E-state index in [4.69, 9.17) is 0 Å². The first-order valence-corrected chi connectivity index (χ1v) is 8.85. The summed E-state index contributed by atoms with van der Waals surface area (Å²) in [6.07, 6.45) is 6.25. The van der Waals surface area contributed by atoms with Crippen LogP contribution in [0.25, 0.3) is 10.2 Å². The molecule has 1 aromatic carbocycles. The zero-order valence-corrected chi connectivity index (χ0v) is 14.2. The molecule has 2 aromatic heterocycles. The van der Waals surface area contributed by atoms with E-state index in [1.807, 2.05) is 6.92 Å². The minimum atomic E-state index is -0.248. The third-order valence-electron chi connectivity index (χ3n) is 4.34. The number of hydrogen-bond acceptors (Lipinski definition) is 5. The fourth-order valence-corrected chi connectivity index (χ4v) is 4.30. The third kappa shape index (κ3) is 2.78. The maximum atomic E-state index is 13.0. The minimum absolute atomic E-state index is 0.248. The van der Waals surface area contributed by atoms with Gasteiger partial charge in [0.2, 0.25) is 0 Å².